The number of nitrogens with one attached hydrogen (secondary N) is 1. The van der Waals surface area contributed by atoms with E-state index in [0.29, 0.717) is 16.1 Å². The van der Waals surface area contributed by atoms with Gasteiger partial charge in [0.1, 0.15) is 11.4 Å². The van der Waals surface area contributed by atoms with E-state index in [9.17, 15) is 18.0 Å². The van der Waals surface area contributed by atoms with Gasteiger partial charge in [-0.25, -0.2) is 27.8 Å². The van der Waals surface area contributed by atoms with Crippen LogP contribution in [-0.4, -0.2) is 31.4 Å². The molecule has 2 aromatic carbocycles. The first kappa shape index (κ1) is 18.9. The predicted molar refractivity (Wildman–Crippen MR) is 102 cm³/mol. The maximum absolute atomic E-state index is 13.7. The van der Waals surface area contributed by atoms with E-state index in [-0.39, 0.29) is 5.75 Å². The second-order valence-corrected chi connectivity index (χ2v) is 6.83. The molecule has 1 amide bonds. The van der Waals surface area contributed by atoms with Crippen molar-refractivity contribution < 1.29 is 18.0 Å². The van der Waals surface area contributed by atoms with Crippen LogP contribution in [0.5, 0.6) is 0 Å². The largest absolute Gasteiger partial charge is 0.323 e. The number of hydrogen-bond acceptors (Lipinski definition) is 5. The van der Waals surface area contributed by atoms with Gasteiger partial charge < -0.3 is 5.32 Å². The Morgan fingerprint density at radius 3 is 2.62 bits per heavy atom. The second-order valence-electron chi connectivity index (χ2n) is 5.87. The Kier molecular flexibility index (Phi) is 5.17. The number of amides is 1. The highest BCUT2D eigenvalue weighted by Gasteiger charge is 2.17. The molecule has 6 nitrogen and oxygen atoms in total. The molecule has 0 radical (unpaired) electrons. The molecular weight excluding hydrogens is 403 g/mol. The third kappa shape index (κ3) is 3.79. The SMILES string of the molecule is O=C(CSc1ncnc2c1cnn2-c1ccccc1)Nc1ccc(F)c(F)c1F. The number of thioether (sulfide) groups is 1. The van der Waals surface area contributed by atoms with Crippen LogP contribution in [0.25, 0.3) is 16.7 Å². The van der Waals surface area contributed by atoms with E-state index in [0.717, 1.165) is 29.6 Å². The first-order valence-electron chi connectivity index (χ1n) is 8.35. The second kappa shape index (κ2) is 7.92. The third-order valence-electron chi connectivity index (χ3n) is 3.98. The number of fused-ring (bicyclic) bond motifs is 1. The van der Waals surface area contributed by atoms with Gasteiger partial charge in [-0.15, -0.1) is 0 Å². The van der Waals surface area contributed by atoms with Crippen LogP contribution in [-0.2, 0) is 4.79 Å². The van der Waals surface area contributed by atoms with Crippen LogP contribution < -0.4 is 5.32 Å². The maximum atomic E-state index is 13.7. The van der Waals surface area contributed by atoms with Gasteiger partial charge in [0.15, 0.2) is 23.1 Å². The molecule has 0 atom stereocenters. The molecule has 2 heterocycles. The standard InChI is InChI=1S/C19H12F3N5OS/c20-13-6-7-14(17(22)16(13)21)26-15(28)9-29-19-12-8-25-27(18(12)23-10-24-19)11-4-2-1-3-5-11/h1-8,10H,9H2,(H,26,28). The summed E-state index contributed by atoms with van der Waals surface area (Å²) in [6.07, 6.45) is 2.95. The molecule has 0 aliphatic heterocycles. The molecule has 0 aliphatic carbocycles. The van der Waals surface area contributed by atoms with Gasteiger partial charge in [-0.3, -0.25) is 4.79 Å². The van der Waals surface area contributed by atoms with E-state index in [1.54, 1.807) is 10.9 Å². The minimum atomic E-state index is -1.64. The Labute approximate surface area is 166 Å². The van der Waals surface area contributed by atoms with E-state index in [4.69, 9.17) is 0 Å². The Morgan fingerprint density at radius 2 is 1.83 bits per heavy atom. The lowest BCUT2D eigenvalue weighted by Crippen LogP contribution is -2.16. The Morgan fingerprint density at radius 1 is 1.03 bits per heavy atom. The van der Waals surface area contributed by atoms with Crippen LogP contribution in [0.3, 0.4) is 0 Å². The van der Waals surface area contributed by atoms with Crippen LogP contribution in [0.4, 0.5) is 18.9 Å². The van der Waals surface area contributed by atoms with E-state index in [1.807, 2.05) is 30.3 Å². The number of benzene rings is 2. The summed E-state index contributed by atoms with van der Waals surface area (Å²) in [6.45, 7) is 0. The molecule has 0 fully saturated rings. The minimum Gasteiger partial charge on any atom is -0.323 e. The van der Waals surface area contributed by atoms with Gasteiger partial charge in [-0.2, -0.15) is 5.10 Å². The number of anilines is 1. The smallest absolute Gasteiger partial charge is 0.234 e. The summed E-state index contributed by atoms with van der Waals surface area (Å²) < 4.78 is 41.6. The fraction of sp³-hybridized carbons (Fsp3) is 0.0526. The van der Waals surface area contributed by atoms with Crippen molar-refractivity contribution >= 4 is 34.4 Å². The summed E-state index contributed by atoms with van der Waals surface area (Å²) in [6, 6.07) is 11.1. The summed E-state index contributed by atoms with van der Waals surface area (Å²) in [7, 11) is 0. The number of halogens is 3. The molecule has 2 aromatic heterocycles. The number of nitrogens with zero attached hydrogens (tertiary/aromatic N) is 4. The summed E-state index contributed by atoms with van der Waals surface area (Å²) in [4.78, 5) is 20.5. The zero-order valence-corrected chi connectivity index (χ0v) is 15.5. The normalized spacial score (nSPS) is 11.0. The summed E-state index contributed by atoms with van der Waals surface area (Å²) in [5, 5.41) is 7.70. The topological polar surface area (TPSA) is 72.7 Å². The van der Waals surface area contributed by atoms with Crippen molar-refractivity contribution in [2.45, 2.75) is 5.03 Å². The lowest BCUT2D eigenvalue weighted by molar-refractivity contribution is -0.113. The number of hydrogen-bond donors (Lipinski definition) is 1. The molecule has 0 aliphatic rings. The van der Waals surface area contributed by atoms with Gasteiger partial charge in [0.25, 0.3) is 0 Å². The molecule has 0 bridgehead atoms. The molecule has 146 valence electrons. The molecule has 0 unspecified atom stereocenters. The van der Waals surface area contributed by atoms with Crippen LogP contribution in [0.15, 0.2) is 60.0 Å². The zero-order chi connectivity index (χ0) is 20.4. The van der Waals surface area contributed by atoms with Crippen molar-refractivity contribution in [3.63, 3.8) is 0 Å². The molecule has 4 aromatic rings. The summed E-state index contributed by atoms with van der Waals surface area (Å²) in [5.74, 6) is -5.13. The van der Waals surface area contributed by atoms with E-state index < -0.39 is 29.0 Å². The highest BCUT2D eigenvalue weighted by atomic mass is 32.2. The van der Waals surface area contributed by atoms with Crippen LogP contribution in [0.2, 0.25) is 0 Å². The van der Waals surface area contributed by atoms with Crippen molar-refractivity contribution in [2.75, 3.05) is 11.1 Å². The Bertz CT molecular complexity index is 1200. The van der Waals surface area contributed by atoms with Gasteiger partial charge in [-0.05, 0) is 24.3 Å². The first-order valence-corrected chi connectivity index (χ1v) is 9.33. The van der Waals surface area contributed by atoms with Crippen LogP contribution in [0, 0.1) is 17.5 Å². The van der Waals surface area contributed by atoms with Crippen LogP contribution in [0.1, 0.15) is 0 Å². The molecule has 1 N–H and O–H groups in total. The molecule has 10 heteroatoms. The van der Waals surface area contributed by atoms with E-state index in [2.05, 4.69) is 20.4 Å². The predicted octanol–water partition coefficient (Wildman–Crippen LogP) is 3.96. The van der Waals surface area contributed by atoms with Gasteiger partial charge in [0.2, 0.25) is 5.91 Å². The summed E-state index contributed by atoms with van der Waals surface area (Å²) in [5.41, 5.74) is 0.962. The summed E-state index contributed by atoms with van der Waals surface area (Å²) >= 11 is 1.09. The van der Waals surface area contributed by atoms with Crippen molar-refractivity contribution in [3.05, 3.63) is 72.4 Å². The molecule has 0 saturated carbocycles. The fourth-order valence-electron chi connectivity index (χ4n) is 2.64. The number of rotatable bonds is 5. The van der Waals surface area contributed by atoms with Gasteiger partial charge in [0.05, 0.1) is 28.7 Å². The average Bonchev–Trinajstić information content (AvgIpc) is 3.18. The number of carbonyl (C=O) groups excluding carboxylic acids is 1. The molecular formula is C19H12F3N5OS. The first-order chi connectivity index (χ1) is 14.0. The van der Waals surface area contributed by atoms with Crippen molar-refractivity contribution in [1.29, 1.82) is 0 Å². The van der Waals surface area contributed by atoms with E-state index >= 15 is 0 Å². The third-order valence-corrected chi connectivity index (χ3v) is 4.98. The molecule has 29 heavy (non-hydrogen) atoms. The van der Waals surface area contributed by atoms with Gasteiger partial charge in [-0.1, -0.05) is 30.0 Å². The number of aromatic nitrogens is 4. The molecule has 0 spiro atoms. The quantitative estimate of drug-likeness (QED) is 0.303. The Hall–Kier alpha value is -3.40. The number of para-hydroxylation sites is 1. The van der Waals surface area contributed by atoms with Crippen LogP contribution >= 0.6 is 11.8 Å². The fourth-order valence-corrected chi connectivity index (χ4v) is 3.40. The van der Waals surface area contributed by atoms with Gasteiger partial charge >= 0.3 is 0 Å². The zero-order valence-electron chi connectivity index (χ0n) is 14.6. The van der Waals surface area contributed by atoms with E-state index in [1.165, 1.54) is 6.33 Å². The average molecular weight is 415 g/mol. The number of carbonyl (C=O) groups is 1. The monoisotopic (exact) mass is 415 g/mol. The van der Waals surface area contributed by atoms with Crippen molar-refractivity contribution in [3.8, 4) is 5.69 Å². The Balaban J connectivity index is 1.51. The lowest BCUT2D eigenvalue weighted by Gasteiger charge is -2.07. The lowest BCUT2D eigenvalue weighted by atomic mass is 10.3. The molecule has 0 saturated heterocycles. The molecule has 4 rings (SSSR count). The van der Waals surface area contributed by atoms with Gasteiger partial charge in [0, 0.05) is 0 Å². The maximum Gasteiger partial charge on any atom is 0.234 e. The highest BCUT2D eigenvalue weighted by Crippen LogP contribution is 2.26. The van der Waals surface area contributed by atoms with Crippen molar-refractivity contribution in [2.24, 2.45) is 0 Å². The highest BCUT2D eigenvalue weighted by molar-refractivity contribution is 8.00. The minimum absolute atomic E-state index is 0.124. The van der Waals surface area contributed by atoms with Crippen molar-refractivity contribution in [1.82, 2.24) is 19.7 Å².